The van der Waals surface area contributed by atoms with E-state index in [0.717, 1.165) is 30.4 Å². The number of hydrogen-bond donors (Lipinski definition) is 2. The Bertz CT molecular complexity index is 1420. The van der Waals surface area contributed by atoms with Crippen LogP contribution in [0.25, 0.3) is 0 Å². The zero-order valence-electron chi connectivity index (χ0n) is 40.0. The van der Waals surface area contributed by atoms with Gasteiger partial charge in [-0.3, -0.25) is 0 Å². The van der Waals surface area contributed by atoms with Crippen LogP contribution in [0.3, 0.4) is 0 Å². The molecule has 2 N–H and O–H groups in total. The number of allylic oxidation sites excluding steroid dienone is 4. The minimum Gasteiger partial charge on any atom is -0.390 e. The topological polar surface area (TPSA) is 158 Å². The van der Waals surface area contributed by atoms with E-state index in [0.29, 0.717) is 19.4 Å². The summed E-state index contributed by atoms with van der Waals surface area (Å²) in [6, 6.07) is 0. The molecule has 0 aromatic carbocycles. The fourth-order valence-electron chi connectivity index (χ4n) is 9.35. The van der Waals surface area contributed by atoms with E-state index >= 15 is 0 Å². The van der Waals surface area contributed by atoms with E-state index in [1.165, 1.54) is 0 Å². The first-order valence-corrected chi connectivity index (χ1v) is 22.7. The van der Waals surface area contributed by atoms with Gasteiger partial charge in [0.15, 0.2) is 12.6 Å². The molecule has 4 heterocycles. The van der Waals surface area contributed by atoms with Crippen LogP contribution in [0.1, 0.15) is 80.6 Å². The molecule has 4 fully saturated rings. The van der Waals surface area contributed by atoms with E-state index in [1.807, 2.05) is 64.2 Å². The molecule has 62 heavy (non-hydrogen) atoms. The molecule has 0 aromatic heterocycles. The molecular formula is C48H82O14. The molecule has 0 unspecified atom stereocenters. The second-order valence-electron chi connectivity index (χ2n) is 17.7. The van der Waals surface area contributed by atoms with Gasteiger partial charge in [0.05, 0.1) is 48.8 Å². The Kier molecular flexibility index (Phi) is 22.2. The summed E-state index contributed by atoms with van der Waals surface area (Å²) in [7, 11) is 11.7. The van der Waals surface area contributed by atoms with Crippen molar-refractivity contribution < 1.29 is 67.1 Å². The first kappa shape index (κ1) is 53.0. The van der Waals surface area contributed by atoms with Crippen LogP contribution in [0.15, 0.2) is 47.6 Å². The van der Waals surface area contributed by atoms with Gasteiger partial charge in [0.1, 0.15) is 36.6 Å². The van der Waals surface area contributed by atoms with Crippen molar-refractivity contribution in [1.82, 2.24) is 0 Å². The lowest BCUT2D eigenvalue weighted by molar-refractivity contribution is -0.246. The third kappa shape index (κ3) is 14.0. The van der Waals surface area contributed by atoms with Crippen molar-refractivity contribution in [2.75, 3.05) is 56.4 Å². The molecule has 4 aliphatic rings. The summed E-state index contributed by atoms with van der Waals surface area (Å²) >= 11 is 0. The van der Waals surface area contributed by atoms with Crippen molar-refractivity contribution in [3.05, 3.63) is 47.6 Å². The molecule has 4 rings (SSSR count). The normalized spacial score (nSPS) is 36.0. The quantitative estimate of drug-likeness (QED) is 0.0566. The van der Waals surface area contributed by atoms with Gasteiger partial charge in [0.2, 0.25) is 0 Å². The lowest BCUT2D eigenvalue weighted by Crippen LogP contribution is -2.51. The van der Waals surface area contributed by atoms with Crippen LogP contribution >= 0.6 is 0 Å². The number of rotatable bonds is 27. The third-order valence-corrected chi connectivity index (χ3v) is 13.6. The summed E-state index contributed by atoms with van der Waals surface area (Å²) in [5.41, 5.74) is 1.94. The lowest BCUT2D eigenvalue weighted by Gasteiger charge is -2.41. The number of hydrogen-bond acceptors (Lipinski definition) is 14. The summed E-state index contributed by atoms with van der Waals surface area (Å²) in [5.74, 6) is 0.0363. The zero-order chi connectivity index (χ0) is 45.7. The fraction of sp³-hybridized carbons (Fsp3) is 0.833. The summed E-state index contributed by atoms with van der Waals surface area (Å²) in [5, 5.41) is 22.3. The van der Waals surface area contributed by atoms with Crippen LogP contribution < -0.4 is 0 Å². The standard InChI is InChI=1S/C48H82O14/c1-15-33(51-8)31(6)43-47(61-43)39(49)27(2)20-17-22-30(5)42-46(57-14)36(26-38(55-12)60-42)58-24-18-23-34(52-9)32(7)44-48(62-44)40(50)28(3)19-16-21-29(4)41-45(56-13)35(53-10)25-37(54-11)59-41/h16-17,19-22,27-28,31-50H,15,18,23-26H2,1-14H3/b19-16+,20-17+,29-21+,30-22+/t27-,28-,31+,32+,33-,34-,35-,36-,37+,38+,39+,40+,41+,42+,43+,44+,45+,46-,47+,48+/m0/s1. The van der Waals surface area contributed by atoms with Crippen LogP contribution in [0.5, 0.6) is 0 Å². The largest absolute Gasteiger partial charge is 0.390 e. The Balaban J connectivity index is 1.24. The van der Waals surface area contributed by atoms with E-state index < -0.39 is 18.5 Å². The highest BCUT2D eigenvalue weighted by atomic mass is 16.7. The molecular weight excluding hydrogens is 801 g/mol. The van der Waals surface area contributed by atoms with Crippen LogP contribution in [0.4, 0.5) is 0 Å². The Hall–Kier alpha value is -1.60. The first-order chi connectivity index (χ1) is 29.7. The van der Waals surface area contributed by atoms with Crippen LogP contribution in [0, 0.1) is 23.7 Å². The molecule has 20 atom stereocenters. The van der Waals surface area contributed by atoms with E-state index in [9.17, 15) is 10.2 Å². The van der Waals surface area contributed by atoms with Crippen molar-refractivity contribution in [1.29, 1.82) is 0 Å². The molecule has 0 amide bonds. The number of aliphatic hydroxyl groups excluding tert-OH is 2. The average Bonchev–Trinajstić information content (AvgIpc) is 4.23. The minimum atomic E-state index is -0.667. The van der Waals surface area contributed by atoms with Gasteiger partial charge < -0.3 is 67.1 Å². The van der Waals surface area contributed by atoms with Crippen molar-refractivity contribution in [2.45, 2.75) is 179 Å². The molecule has 4 aliphatic heterocycles. The average molecular weight is 883 g/mol. The highest BCUT2D eigenvalue weighted by Crippen LogP contribution is 2.39. The number of methoxy groups -OCH3 is 7. The van der Waals surface area contributed by atoms with Gasteiger partial charge in [-0.2, -0.15) is 0 Å². The summed E-state index contributed by atoms with van der Waals surface area (Å²) < 4.78 is 71.1. The first-order valence-electron chi connectivity index (χ1n) is 22.7. The van der Waals surface area contributed by atoms with Crippen LogP contribution in [-0.4, -0.2) is 165 Å². The monoisotopic (exact) mass is 883 g/mol. The second-order valence-corrected chi connectivity index (χ2v) is 17.7. The predicted octanol–water partition coefficient (Wildman–Crippen LogP) is 5.97. The number of ether oxygens (including phenoxy) is 12. The molecule has 14 nitrogen and oxygen atoms in total. The zero-order valence-corrected chi connectivity index (χ0v) is 40.0. The maximum Gasteiger partial charge on any atom is 0.160 e. The summed E-state index contributed by atoms with van der Waals surface area (Å²) in [6.45, 7) is 14.8. The minimum absolute atomic E-state index is 0.00236. The molecule has 0 saturated carbocycles. The van der Waals surface area contributed by atoms with Gasteiger partial charge >= 0.3 is 0 Å². The van der Waals surface area contributed by atoms with Crippen LogP contribution in [-0.2, 0) is 56.8 Å². The van der Waals surface area contributed by atoms with E-state index in [4.69, 9.17) is 56.8 Å². The Morgan fingerprint density at radius 3 is 1.47 bits per heavy atom. The van der Waals surface area contributed by atoms with Crippen molar-refractivity contribution in [3.8, 4) is 0 Å². The molecule has 358 valence electrons. The van der Waals surface area contributed by atoms with Gasteiger partial charge in [-0.05, 0) is 44.3 Å². The van der Waals surface area contributed by atoms with E-state index in [1.54, 1.807) is 49.8 Å². The van der Waals surface area contributed by atoms with Crippen LogP contribution in [0.2, 0.25) is 0 Å². The lowest BCUT2D eigenvalue weighted by atomic mass is 9.90. The molecule has 0 spiro atoms. The molecule has 0 aromatic rings. The maximum atomic E-state index is 11.2. The van der Waals surface area contributed by atoms with Gasteiger partial charge in [0.25, 0.3) is 0 Å². The molecule has 0 bridgehead atoms. The van der Waals surface area contributed by atoms with E-state index in [2.05, 4.69) is 20.8 Å². The summed E-state index contributed by atoms with van der Waals surface area (Å²) in [6.07, 6.45) is 11.1. The number of aliphatic hydroxyl groups is 2. The smallest absolute Gasteiger partial charge is 0.160 e. The molecule has 4 saturated heterocycles. The fourth-order valence-corrected chi connectivity index (χ4v) is 9.35. The van der Waals surface area contributed by atoms with Crippen molar-refractivity contribution in [2.24, 2.45) is 23.7 Å². The summed E-state index contributed by atoms with van der Waals surface area (Å²) in [4.78, 5) is 0. The molecule has 0 aliphatic carbocycles. The SMILES string of the molecule is CC[C@H](OC)[C@@H](C)[C@H]1O[C@@H]1[C@H](O)[C@@H](C)/C=C/C=C(\C)[C@H]1O[C@@H](OC)C[C@H](OCCC[C@H](OC)[C@@H](C)[C@H]2O[C@@H]2[C@H](O)[C@@H](C)/C=C/C=C(\C)[C@H]2O[C@@H](OC)C[C@H](OC)[C@H]2OC)[C@@H]1OC. The van der Waals surface area contributed by atoms with Crippen molar-refractivity contribution >= 4 is 0 Å². The Morgan fingerprint density at radius 1 is 0.597 bits per heavy atom. The van der Waals surface area contributed by atoms with Crippen molar-refractivity contribution in [3.63, 3.8) is 0 Å². The highest BCUT2D eigenvalue weighted by molar-refractivity contribution is 5.20. The highest BCUT2D eigenvalue weighted by Gasteiger charge is 2.52. The second kappa shape index (κ2) is 25.9. The molecule has 0 radical (unpaired) electrons. The predicted molar refractivity (Wildman–Crippen MR) is 236 cm³/mol. The third-order valence-electron chi connectivity index (χ3n) is 13.6. The van der Waals surface area contributed by atoms with Gasteiger partial charge in [-0.15, -0.1) is 0 Å². The van der Waals surface area contributed by atoms with Gasteiger partial charge in [-0.1, -0.05) is 71.1 Å². The molecule has 14 heteroatoms. The maximum absolute atomic E-state index is 11.2. The van der Waals surface area contributed by atoms with Gasteiger partial charge in [-0.25, -0.2) is 0 Å². The van der Waals surface area contributed by atoms with Gasteiger partial charge in [0, 0.05) is 92.9 Å². The Morgan fingerprint density at radius 2 is 1.05 bits per heavy atom. The van der Waals surface area contributed by atoms with E-state index in [-0.39, 0.29) is 103 Å². The Labute approximate surface area is 372 Å². The number of epoxide rings is 2.